The third-order valence-electron chi connectivity index (χ3n) is 4.37. The van der Waals surface area contributed by atoms with Crippen molar-refractivity contribution in [3.63, 3.8) is 0 Å². The smallest absolute Gasteiger partial charge is 0.250 e. The van der Waals surface area contributed by atoms with E-state index in [-0.39, 0.29) is 11.6 Å². The molecule has 3 rings (SSSR count). The Hall–Kier alpha value is -1.17. The third kappa shape index (κ3) is 2.95. The van der Waals surface area contributed by atoms with Crippen LogP contribution in [0.5, 0.6) is 0 Å². The fraction of sp³-hybridized carbons (Fsp3) is 0.667. The van der Waals surface area contributed by atoms with Crippen molar-refractivity contribution in [2.75, 3.05) is 32.8 Å². The predicted molar refractivity (Wildman–Crippen MR) is 78.0 cm³/mol. The van der Waals surface area contributed by atoms with Crippen LogP contribution in [0.25, 0.3) is 0 Å². The molecule has 1 aromatic rings. The summed E-state index contributed by atoms with van der Waals surface area (Å²) < 4.78 is 7.31. The zero-order valence-electron chi connectivity index (χ0n) is 11.9. The van der Waals surface area contributed by atoms with E-state index in [0.29, 0.717) is 0 Å². The number of nitrogens with zero attached hydrogens (tertiary/aromatic N) is 2. The van der Waals surface area contributed by atoms with E-state index in [0.717, 1.165) is 58.7 Å². The summed E-state index contributed by atoms with van der Waals surface area (Å²) in [6, 6.07) is 3.89. The monoisotopic (exact) mass is 277 g/mol. The number of pyridine rings is 1. The normalized spacial score (nSPS) is 23.6. The number of fused-ring (bicyclic) bond motifs is 1. The SMILES string of the molecule is NC1CCc2c(ccc(=O)n2CCN2CCOCC2)C1. The van der Waals surface area contributed by atoms with Crippen molar-refractivity contribution in [1.82, 2.24) is 9.47 Å². The Labute approximate surface area is 119 Å². The molecular weight excluding hydrogens is 254 g/mol. The van der Waals surface area contributed by atoms with Crippen molar-refractivity contribution in [2.24, 2.45) is 5.73 Å². The minimum Gasteiger partial charge on any atom is -0.379 e. The number of hydrogen-bond donors (Lipinski definition) is 1. The van der Waals surface area contributed by atoms with Gasteiger partial charge in [-0.1, -0.05) is 6.07 Å². The van der Waals surface area contributed by atoms with Crippen LogP contribution in [-0.2, 0) is 24.1 Å². The van der Waals surface area contributed by atoms with Crippen molar-refractivity contribution in [1.29, 1.82) is 0 Å². The Kier molecular flexibility index (Phi) is 4.19. The van der Waals surface area contributed by atoms with Gasteiger partial charge in [-0.3, -0.25) is 9.69 Å². The van der Waals surface area contributed by atoms with Crippen molar-refractivity contribution >= 4 is 0 Å². The molecule has 1 fully saturated rings. The number of ether oxygens (including phenoxy) is 1. The molecule has 0 aromatic carbocycles. The minimum absolute atomic E-state index is 0.118. The molecule has 1 aromatic heterocycles. The second-order valence-corrected chi connectivity index (χ2v) is 5.75. The number of hydrogen-bond acceptors (Lipinski definition) is 4. The van der Waals surface area contributed by atoms with Crippen LogP contribution in [0.15, 0.2) is 16.9 Å². The summed E-state index contributed by atoms with van der Waals surface area (Å²) in [6.07, 6.45) is 2.80. The highest BCUT2D eigenvalue weighted by Gasteiger charge is 2.19. The van der Waals surface area contributed by atoms with Crippen LogP contribution in [-0.4, -0.2) is 48.4 Å². The summed E-state index contributed by atoms with van der Waals surface area (Å²) in [4.78, 5) is 14.5. The second-order valence-electron chi connectivity index (χ2n) is 5.75. The third-order valence-corrected chi connectivity index (χ3v) is 4.37. The Bertz CT molecular complexity index is 520. The Balaban J connectivity index is 1.75. The number of nitrogens with two attached hydrogens (primary N) is 1. The van der Waals surface area contributed by atoms with E-state index in [4.69, 9.17) is 10.5 Å². The molecule has 0 spiro atoms. The van der Waals surface area contributed by atoms with E-state index in [9.17, 15) is 4.79 Å². The maximum absolute atomic E-state index is 12.1. The van der Waals surface area contributed by atoms with Gasteiger partial charge < -0.3 is 15.0 Å². The van der Waals surface area contributed by atoms with E-state index in [1.165, 1.54) is 11.3 Å². The molecule has 1 unspecified atom stereocenters. The largest absolute Gasteiger partial charge is 0.379 e. The van der Waals surface area contributed by atoms with Crippen LogP contribution in [0.3, 0.4) is 0 Å². The number of aromatic nitrogens is 1. The van der Waals surface area contributed by atoms with Gasteiger partial charge >= 0.3 is 0 Å². The van der Waals surface area contributed by atoms with Gasteiger partial charge in [0.15, 0.2) is 0 Å². The van der Waals surface area contributed by atoms with Gasteiger partial charge in [0, 0.05) is 44.0 Å². The standard InChI is InChI=1S/C15H23N3O2/c16-13-2-3-14-12(11-13)1-4-15(19)18(14)6-5-17-7-9-20-10-8-17/h1,4,13H,2-3,5-11,16H2. The van der Waals surface area contributed by atoms with E-state index in [1.54, 1.807) is 6.07 Å². The molecule has 2 heterocycles. The average molecular weight is 277 g/mol. The van der Waals surface area contributed by atoms with Crippen molar-refractivity contribution in [2.45, 2.75) is 31.8 Å². The first-order valence-corrected chi connectivity index (χ1v) is 7.51. The van der Waals surface area contributed by atoms with Gasteiger partial charge in [-0.25, -0.2) is 0 Å². The van der Waals surface area contributed by atoms with E-state index in [2.05, 4.69) is 4.90 Å². The highest BCUT2D eigenvalue weighted by molar-refractivity contribution is 5.25. The lowest BCUT2D eigenvalue weighted by molar-refractivity contribution is 0.0361. The van der Waals surface area contributed by atoms with E-state index < -0.39 is 0 Å². The fourth-order valence-corrected chi connectivity index (χ4v) is 3.16. The summed E-state index contributed by atoms with van der Waals surface area (Å²) in [6.45, 7) is 5.24. The first-order chi connectivity index (χ1) is 9.74. The van der Waals surface area contributed by atoms with E-state index >= 15 is 0 Å². The summed E-state index contributed by atoms with van der Waals surface area (Å²) in [7, 11) is 0. The second kappa shape index (κ2) is 6.08. The summed E-state index contributed by atoms with van der Waals surface area (Å²) in [5.41, 5.74) is 8.59. The summed E-state index contributed by atoms with van der Waals surface area (Å²) >= 11 is 0. The average Bonchev–Trinajstić information content (AvgIpc) is 2.47. The Morgan fingerprint density at radius 3 is 2.85 bits per heavy atom. The lowest BCUT2D eigenvalue weighted by atomic mass is 9.92. The molecule has 2 aliphatic rings. The van der Waals surface area contributed by atoms with Crippen LogP contribution in [0.2, 0.25) is 0 Å². The maximum Gasteiger partial charge on any atom is 0.250 e. The van der Waals surface area contributed by atoms with Crippen molar-refractivity contribution < 1.29 is 4.74 Å². The van der Waals surface area contributed by atoms with Gasteiger partial charge in [0.05, 0.1) is 13.2 Å². The predicted octanol–water partition coefficient (Wildman–Crippen LogP) is -0.00350. The Morgan fingerprint density at radius 1 is 1.25 bits per heavy atom. The van der Waals surface area contributed by atoms with Gasteiger partial charge in [-0.2, -0.15) is 0 Å². The number of rotatable bonds is 3. The van der Waals surface area contributed by atoms with Crippen molar-refractivity contribution in [3.05, 3.63) is 33.7 Å². The molecule has 5 nitrogen and oxygen atoms in total. The zero-order chi connectivity index (χ0) is 13.9. The Morgan fingerprint density at radius 2 is 2.05 bits per heavy atom. The molecule has 110 valence electrons. The number of morpholine rings is 1. The fourth-order valence-electron chi connectivity index (χ4n) is 3.16. The van der Waals surface area contributed by atoms with Gasteiger partial charge in [-0.05, 0) is 24.8 Å². The zero-order valence-corrected chi connectivity index (χ0v) is 11.9. The lowest BCUT2D eigenvalue weighted by Gasteiger charge is -2.29. The molecular formula is C15H23N3O2. The molecule has 20 heavy (non-hydrogen) atoms. The first kappa shape index (κ1) is 13.8. The first-order valence-electron chi connectivity index (χ1n) is 7.51. The van der Waals surface area contributed by atoms with Gasteiger partial charge in [0.1, 0.15) is 0 Å². The van der Waals surface area contributed by atoms with Crippen LogP contribution in [0.4, 0.5) is 0 Å². The molecule has 0 amide bonds. The van der Waals surface area contributed by atoms with Gasteiger partial charge in [0.25, 0.3) is 5.56 Å². The highest BCUT2D eigenvalue weighted by Crippen LogP contribution is 2.19. The molecule has 5 heteroatoms. The quantitative estimate of drug-likeness (QED) is 0.844. The molecule has 1 atom stereocenters. The topological polar surface area (TPSA) is 60.5 Å². The molecule has 0 bridgehead atoms. The summed E-state index contributed by atoms with van der Waals surface area (Å²) in [5, 5.41) is 0. The lowest BCUT2D eigenvalue weighted by Crippen LogP contribution is -2.40. The molecule has 1 aliphatic carbocycles. The molecule has 1 saturated heterocycles. The van der Waals surface area contributed by atoms with Crippen LogP contribution >= 0.6 is 0 Å². The molecule has 0 saturated carbocycles. The molecule has 0 radical (unpaired) electrons. The van der Waals surface area contributed by atoms with Crippen LogP contribution in [0, 0.1) is 0 Å². The van der Waals surface area contributed by atoms with Crippen molar-refractivity contribution in [3.8, 4) is 0 Å². The summed E-state index contributed by atoms with van der Waals surface area (Å²) in [5.74, 6) is 0. The van der Waals surface area contributed by atoms with Crippen LogP contribution in [0.1, 0.15) is 17.7 Å². The molecule has 1 aliphatic heterocycles. The molecule has 2 N–H and O–H groups in total. The van der Waals surface area contributed by atoms with Crippen LogP contribution < -0.4 is 11.3 Å². The highest BCUT2D eigenvalue weighted by atomic mass is 16.5. The van der Waals surface area contributed by atoms with E-state index in [1.807, 2.05) is 10.6 Å². The van der Waals surface area contributed by atoms with Gasteiger partial charge in [-0.15, -0.1) is 0 Å². The maximum atomic E-state index is 12.1. The minimum atomic E-state index is 0.118. The van der Waals surface area contributed by atoms with Gasteiger partial charge in [0.2, 0.25) is 0 Å².